The smallest absolute Gasteiger partial charge is 0.254 e. The van der Waals surface area contributed by atoms with E-state index in [1.165, 1.54) is 19.3 Å². The van der Waals surface area contributed by atoms with E-state index in [-0.39, 0.29) is 36.6 Å². The third-order valence-electron chi connectivity index (χ3n) is 5.67. The van der Waals surface area contributed by atoms with E-state index >= 15 is 0 Å². The standard InChI is InChI=1S/C20H30N4O2.2ClH/c1-22(18-8-3-2-4-9-18)19(25)15-23-10-12-24(13-11-23)20(26)16-6-5-7-17(21)14-16;;/h5-7,14,18H,2-4,8-13,15,21H2,1H3;2*1H. The summed E-state index contributed by atoms with van der Waals surface area (Å²) in [6, 6.07) is 7.51. The molecule has 1 aromatic carbocycles. The SMILES string of the molecule is CN(C(=O)CN1CCN(C(=O)c2cccc(N)c2)CC1)C1CCCCC1.Cl.Cl. The molecule has 0 atom stereocenters. The van der Waals surface area contributed by atoms with E-state index in [0.29, 0.717) is 36.9 Å². The van der Waals surface area contributed by atoms with Gasteiger partial charge in [0, 0.05) is 50.5 Å². The molecule has 1 saturated heterocycles. The summed E-state index contributed by atoms with van der Waals surface area (Å²) in [4.78, 5) is 31.1. The van der Waals surface area contributed by atoms with Crippen LogP contribution in [-0.4, -0.2) is 72.3 Å². The summed E-state index contributed by atoms with van der Waals surface area (Å²) in [5.41, 5.74) is 7.01. The number of benzene rings is 1. The Morgan fingerprint density at radius 2 is 1.71 bits per heavy atom. The quantitative estimate of drug-likeness (QED) is 0.745. The van der Waals surface area contributed by atoms with E-state index in [4.69, 9.17) is 5.73 Å². The van der Waals surface area contributed by atoms with Gasteiger partial charge in [-0.2, -0.15) is 0 Å². The number of anilines is 1. The zero-order chi connectivity index (χ0) is 18.5. The molecule has 0 unspecified atom stereocenters. The van der Waals surface area contributed by atoms with Gasteiger partial charge in [-0.1, -0.05) is 25.3 Å². The van der Waals surface area contributed by atoms with Crippen molar-refractivity contribution in [3.05, 3.63) is 29.8 Å². The lowest BCUT2D eigenvalue weighted by molar-refractivity contribution is -0.134. The Hall–Kier alpha value is -1.50. The lowest BCUT2D eigenvalue weighted by Gasteiger charge is -2.37. The maximum Gasteiger partial charge on any atom is 0.254 e. The van der Waals surface area contributed by atoms with E-state index in [2.05, 4.69) is 4.90 Å². The Morgan fingerprint density at radius 1 is 1.07 bits per heavy atom. The molecular weight excluding hydrogens is 399 g/mol. The number of rotatable bonds is 4. The van der Waals surface area contributed by atoms with Gasteiger partial charge < -0.3 is 15.5 Å². The van der Waals surface area contributed by atoms with Gasteiger partial charge in [-0.15, -0.1) is 24.8 Å². The van der Waals surface area contributed by atoms with Gasteiger partial charge in [0.1, 0.15) is 0 Å². The number of piperazine rings is 1. The highest BCUT2D eigenvalue weighted by Gasteiger charge is 2.26. The molecule has 158 valence electrons. The molecule has 2 amide bonds. The maximum absolute atomic E-state index is 12.6. The molecule has 1 saturated carbocycles. The van der Waals surface area contributed by atoms with Gasteiger partial charge in [0.15, 0.2) is 0 Å². The Morgan fingerprint density at radius 3 is 2.32 bits per heavy atom. The van der Waals surface area contributed by atoms with Crippen molar-refractivity contribution < 1.29 is 9.59 Å². The Bertz CT molecular complexity index is 645. The maximum atomic E-state index is 12.6. The van der Waals surface area contributed by atoms with Crippen LogP contribution in [-0.2, 0) is 4.79 Å². The topological polar surface area (TPSA) is 69.9 Å². The second-order valence-corrected chi connectivity index (χ2v) is 7.49. The van der Waals surface area contributed by atoms with Gasteiger partial charge >= 0.3 is 0 Å². The Balaban J connectivity index is 0.00000196. The lowest BCUT2D eigenvalue weighted by Crippen LogP contribution is -2.52. The third-order valence-corrected chi connectivity index (χ3v) is 5.67. The zero-order valence-electron chi connectivity index (χ0n) is 16.5. The molecule has 1 aromatic rings. The van der Waals surface area contributed by atoms with E-state index in [9.17, 15) is 9.59 Å². The normalized spacial score (nSPS) is 18.0. The summed E-state index contributed by atoms with van der Waals surface area (Å²) in [6.45, 7) is 3.21. The number of amides is 2. The number of carbonyl (C=O) groups is 2. The predicted molar refractivity (Wildman–Crippen MR) is 117 cm³/mol. The van der Waals surface area contributed by atoms with Gasteiger partial charge in [-0.3, -0.25) is 14.5 Å². The van der Waals surface area contributed by atoms with Crippen molar-refractivity contribution in [3.8, 4) is 0 Å². The Kier molecular flexibility index (Phi) is 10.1. The highest BCUT2D eigenvalue weighted by molar-refractivity contribution is 5.95. The van der Waals surface area contributed by atoms with E-state index in [0.717, 1.165) is 25.9 Å². The van der Waals surface area contributed by atoms with E-state index < -0.39 is 0 Å². The fraction of sp³-hybridized carbons (Fsp3) is 0.600. The molecule has 1 heterocycles. The molecule has 8 heteroatoms. The molecule has 6 nitrogen and oxygen atoms in total. The second-order valence-electron chi connectivity index (χ2n) is 7.49. The van der Waals surface area contributed by atoms with Gasteiger partial charge in [-0.25, -0.2) is 0 Å². The van der Waals surface area contributed by atoms with Crippen molar-refractivity contribution in [3.63, 3.8) is 0 Å². The minimum absolute atomic E-state index is 0. The number of hydrogen-bond donors (Lipinski definition) is 1. The number of halogens is 2. The van der Waals surface area contributed by atoms with Crippen LogP contribution in [0.15, 0.2) is 24.3 Å². The van der Waals surface area contributed by atoms with Crippen molar-refractivity contribution >= 4 is 42.3 Å². The lowest BCUT2D eigenvalue weighted by atomic mass is 9.94. The van der Waals surface area contributed by atoms with Crippen LogP contribution in [0, 0.1) is 0 Å². The summed E-state index contributed by atoms with van der Waals surface area (Å²) < 4.78 is 0. The molecule has 2 aliphatic rings. The summed E-state index contributed by atoms with van der Waals surface area (Å²) in [5, 5.41) is 0. The minimum Gasteiger partial charge on any atom is -0.399 e. The summed E-state index contributed by atoms with van der Waals surface area (Å²) in [7, 11) is 1.94. The monoisotopic (exact) mass is 430 g/mol. The molecule has 28 heavy (non-hydrogen) atoms. The van der Waals surface area contributed by atoms with Crippen LogP contribution in [0.5, 0.6) is 0 Å². The van der Waals surface area contributed by atoms with Crippen LogP contribution < -0.4 is 5.73 Å². The van der Waals surface area contributed by atoms with Crippen molar-refractivity contribution in [1.82, 2.24) is 14.7 Å². The van der Waals surface area contributed by atoms with E-state index in [1.54, 1.807) is 24.3 Å². The summed E-state index contributed by atoms with van der Waals surface area (Å²) in [6.07, 6.45) is 6.01. The number of carbonyl (C=O) groups excluding carboxylic acids is 2. The second kappa shape index (κ2) is 11.5. The fourth-order valence-electron chi connectivity index (χ4n) is 3.94. The van der Waals surface area contributed by atoms with Gasteiger partial charge in [0.05, 0.1) is 6.54 Å². The van der Waals surface area contributed by atoms with Crippen molar-refractivity contribution in [2.75, 3.05) is 45.5 Å². The molecule has 1 aliphatic heterocycles. The Labute approximate surface area is 180 Å². The van der Waals surface area contributed by atoms with Crippen LogP contribution in [0.2, 0.25) is 0 Å². The van der Waals surface area contributed by atoms with Crippen molar-refractivity contribution in [2.24, 2.45) is 0 Å². The minimum atomic E-state index is 0. The number of nitrogens with zero attached hydrogens (tertiary/aromatic N) is 3. The molecule has 3 rings (SSSR count). The molecule has 0 radical (unpaired) electrons. The summed E-state index contributed by atoms with van der Waals surface area (Å²) >= 11 is 0. The fourth-order valence-corrected chi connectivity index (χ4v) is 3.94. The molecule has 2 fully saturated rings. The first-order valence-electron chi connectivity index (χ1n) is 9.67. The van der Waals surface area contributed by atoms with Crippen LogP contribution >= 0.6 is 24.8 Å². The van der Waals surface area contributed by atoms with Crippen LogP contribution in [0.3, 0.4) is 0 Å². The molecule has 1 aliphatic carbocycles. The van der Waals surface area contributed by atoms with Crippen LogP contribution in [0.1, 0.15) is 42.5 Å². The number of nitrogens with two attached hydrogens (primary N) is 1. The number of hydrogen-bond acceptors (Lipinski definition) is 4. The van der Waals surface area contributed by atoms with Crippen molar-refractivity contribution in [2.45, 2.75) is 38.1 Å². The van der Waals surface area contributed by atoms with Gasteiger partial charge in [-0.05, 0) is 31.0 Å². The molecule has 0 bridgehead atoms. The molecular formula is C20H32Cl2N4O2. The predicted octanol–water partition coefficient (Wildman–Crippen LogP) is 2.66. The molecule has 0 aromatic heterocycles. The first kappa shape index (κ1) is 24.5. The average molecular weight is 431 g/mol. The zero-order valence-corrected chi connectivity index (χ0v) is 18.1. The van der Waals surface area contributed by atoms with Gasteiger partial charge in [0.2, 0.25) is 5.91 Å². The summed E-state index contributed by atoms with van der Waals surface area (Å²) in [5.74, 6) is 0.218. The van der Waals surface area contributed by atoms with Crippen LogP contribution in [0.4, 0.5) is 5.69 Å². The first-order chi connectivity index (χ1) is 12.5. The van der Waals surface area contributed by atoms with E-state index in [1.807, 2.05) is 16.8 Å². The number of likely N-dealkylation sites (N-methyl/N-ethyl adjacent to an activating group) is 1. The van der Waals surface area contributed by atoms with Crippen molar-refractivity contribution in [1.29, 1.82) is 0 Å². The third kappa shape index (κ3) is 6.26. The first-order valence-corrected chi connectivity index (χ1v) is 9.67. The highest BCUT2D eigenvalue weighted by Crippen LogP contribution is 2.22. The molecule has 0 spiro atoms. The average Bonchev–Trinajstić information content (AvgIpc) is 2.68. The highest BCUT2D eigenvalue weighted by atomic mass is 35.5. The largest absolute Gasteiger partial charge is 0.399 e. The number of nitrogen functional groups attached to an aromatic ring is 1. The van der Waals surface area contributed by atoms with Crippen LogP contribution in [0.25, 0.3) is 0 Å². The van der Waals surface area contributed by atoms with Gasteiger partial charge in [0.25, 0.3) is 5.91 Å². The molecule has 2 N–H and O–H groups in total.